The molecule has 2 N–H and O–H groups in total. The van der Waals surface area contributed by atoms with E-state index in [-0.39, 0.29) is 5.91 Å². The lowest BCUT2D eigenvalue weighted by Gasteiger charge is -2.13. The van der Waals surface area contributed by atoms with Crippen LogP contribution in [0.25, 0.3) is 0 Å². The smallest absolute Gasteiger partial charge is 0.266 e. The van der Waals surface area contributed by atoms with Crippen LogP contribution in [0.15, 0.2) is 36.5 Å². The van der Waals surface area contributed by atoms with Gasteiger partial charge < -0.3 is 10.1 Å². The van der Waals surface area contributed by atoms with E-state index in [2.05, 4.69) is 15.5 Å². The van der Waals surface area contributed by atoms with E-state index in [1.54, 1.807) is 43.5 Å². The van der Waals surface area contributed by atoms with Crippen LogP contribution in [0.1, 0.15) is 12.5 Å². The van der Waals surface area contributed by atoms with Gasteiger partial charge in [0.2, 0.25) is 0 Å². The summed E-state index contributed by atoms with van der Waals surface area (Å²) in [6.07, 6.45) is 0.887. The van der Waals surface area contributed by atoms with E-state index in [1.807, 2.05) is 6.07 Å². The first-order chi connectivity index (χ1) is 9.19. The van der Waals surface area contributed by atoms with Gasteiger partial charge in [-0.15, -0.1) is 0 Å². The van der Waals surface area contributed by atoms with Gasteiger partial charge in [0, 0.05) is 6.07 Å². The van der Waals surface area contributed by atoms with Crippen LogP contribution in [-0.2, 0) is 4.79 Å². The van der Waals surface area contributed by atoms with Crippen molar-refractivity contribution < 1.29 is 9.53 Å². The van der Waals surface area contributed by atoms with Crippen LogP contribution in [0.5, 0.6) is 5.75 Å². The molecule has 96 valence electrons. The molecule has 0 aliphatic heterocycles. The second-order valence-corrected chi connectivity index (χ2v) is 3.86. The Bertz CT molecular complexity index is 584. The monoisotopic (exact) mass is 256 g/mol. The number of hydrogen-bond acceptors (Lipinski definition) is 4. The number of ether oxygens (including phenoxy) is 1. The van der Waals surface area contributed by atoms with Crippen LogP contribution in [0.2, 0.25) is 0 Å². The van der Waals surface area contributed by atoms with Gasteiger partial charge in [-0.05, 0) is 31.2 Å². The fourth-order valence-electron chi connectivity index (χ4n) is 1.43. The molecule has 1 aromatic heterocycles. The summed E-state index contributed by atoms with van der Waals surface area (Å²) < 4.78 is 5.47. The highest BCUT2D eigenvalue weighted by atomic mass is 16.5. The van der Waals surface area contributed by atoms with Crippen LogP contribution < -0.4 is 10.1 Å². The molecular formula is C13H12N4O2. The number of nitriles is 1. The Hall–Kier alpha value is -2.81. The summed E-state index contributed by atoms with van der Waals surface area (Å²) in [5, 5.41) is 17.7. The van der Waals surface area contributed by atoms with Gasteiger partial charge in [0.25, 0.3) is 5.91 Å². The molecular weight excluding hydrogens is 244 g/mol. The summed E-state index contributed by atoms with van der Waals surface area (Å²) in [6.45, 7) is 1.64. The molecule has 0 spiro atoms. The number of rotatable bonds is 4. The minimum Gasteiger partial charge on any atom is -0.481 e. The van der Waals surface area contributed by atoms with Gasteiger partial charge in [-0.1, -0.05) is 0 Å². The fourth-order valence-corrected chi connectivity index (χ4v) is 1.43. The van der Waals surface area contributed by atoms with Crippen molar-refractivity contribution in [3.8, 4) is 11.8 Å². The van der Waals surface area contributed by atoms with Gasteiger partial charge in [0.15, 0.2) is 6.10 Å². The van der Waals surface area contributed by atoms with Crippen molar-refractivity contribution in [1.29, 1.82) is 5.26 Å². The van der Waals surface area contributed by atoms with E-state index >= 15 is 0 Å². The second-order valence-electron chi connectivity index (χ2n) is 3.86. The quantitative estimate of drug-likeness (QED) is 0.870. The van der Waals surface area contributed by atoms with E-state index in [1.165, 1.54) is 0 Å². The minimum absolute atomic E-state index is 0.284. The van der Waals surface area contributed by atoms with Crippen molar-refractivity contribution >= 4 is 11.7 Å². The van der Waals surface area contributed by atoms with E-state index in [9.17, 15) is 4.79 Å². The zero-order chi connectivity index (χ0) is 13.7. The molecule has 0 unspecified atom stereocenters. The first kappa shape index (κ1) is 12.6. The van der Waals surface area contributed by atoms with Crippen LogP contribution in [0.3, 0.4) is 0 Å². The number of aromatic amines is 1. The van der Waals surface area contributed by atoms with Crippen LogP contribution in [0, 0.1) is 11.3 Å². The number of hydrogen-bond donors (Lipinski definition) is 2. The zero-order valence-electron chi connectivity index (χ0n) is 10.3. The first-order valence-electron chi connectivity index (χ1n) is 5.66. The standard InChI is InChI=1S/C13H12N4O2/c1-9(13(18)16-12-6-7-15-17-12)19-11-4-2-10(8-14)3-5-11/h2-7,9H,1H3,(H2,15,16,17,18)/t9-/m1/s1. The van der Waals surface area contributed by atoms with E-state index in [0.29, 0.717) is 17.1 Å². The number of benzene rings is 1. The van der Waals surface area contributed by atoms with Crippen LogP contribution in [-0.4, -0.2) is 22.2 Å². The molecule has 0 bridgehead atoms. The molecule has 2 aromatic rings. The second kappa shape index (κ2) is 5.69. The molecule has 6 heteroatoms. The van der Waals surface area contributed by atoms with Gasteiger partial charge >= 0.3 is 0 Å². The third-order valence-electron chi connectivity index (χ3n) is 2.42. The third-order valence-corrected chi connectivity index (χ3v) is 2.42. The average Bonchev–Trinajstić information content (AvgIpc) is 2.92. The minimum atomic E-state index is -0.656. The van der Waals surface area contributed by atoms with Crippen LogP contribution >= 0.6 is 0 Å². The molecule has 0 fully saturated rings. The molecule has 2 rings (SSSR count). The van der Waals surface area contributed by atoms with E-state index in [0.717, 1.165) is 0 Å². The van der Waals surface area contributed by atoms with E-state index < -0.39 is 6.10 Å². The molecule has 1 amide bonds. The van der Waals surface area contributed by atoms with Crippen molar-refractivity contribution in [2.45, 2.75) is 13.0 Å². The largest absolute Gasteiger partial charge is 0.481 e. The Labute approximate surface area is 110 Å². The first-order valence-corrected chi connectivity index (χ1v) is 5.66. The Kier molecular flexibility index (Phi) is 3.78. The Morgan fingerprint density at radius 2 is 2.16 bits per heavy atom. The summed E-state index contributed by atoms with van der Waals surface area (Å²) in [7, 11) is 0. The number of carbonyl (C=O) groups is 1. The summed E-state index contributed by atoms with van der Waals surface area (Å²) in [6, 6.07) is 10.2. The lowest BCUT2D eigenvalue weighted by atomic mass is 10.2. The predicted octanol–water partition coefficient (Wildman–Crippen LogP) is 1.69. The van der Waals surface area contributed by atoms with Crippen molar-refractivity contribution in [3.63, 3.8) is 0 Å². The normalized spacial score (nSPS) is 11.4. The molecule has 0 saturated heterocycles. The zero-order valence-corrected chi connectivity index (χ0v) is 10.3. The van der Waals surface area contributed by atoms with Crippen molar-refractivity contribution in [3.05, 3.63) is 42.1 Å². The van der Waals surface area contributed by atoms with Gasteiger partial charge in [-0.25, -0.2) is 0 Å². The lowest BCUT2D eigenvalue weighted by molar-refractivity contribution is -0.122. The average molecular weight is 256 g/mol. The number of amides is 1. The molecule has 1 heterocycles. The van der Waals surface area contributed by atoms with Gasteiger partial charge in [0.1, 0.15) is 11.6 Å². The highest BCUT2D eigenvalue weighted by Crippen LogP contribution is 2.14. The van der Waals surface area contributed by atoms with Gasteiger partial charge in [-0.2, -0.15) is 10.4 Å². The SMILES string of the molecule is C[C@@H](Oc1ccc(C#N)cc1)C(=O)Nc1ccn[nH]1. The predicted molar refractivity (Wildman–Crippen MR) is 68.5 cm³/mol. The topological polar surface area (TPSA) is 90.8 Å². The summed E-state index contributed by atoms with van der Waals surface area (Å²) in [5.41, 5.74) is 0.543. The Morgan fingerprint density at radius 3 is 2.74 bits per heavy atom. The highest BCUT2D eigenvalue weighted by Gasteiger charge is 2.15. The molecule has 1 atom stereocenters. The maximum Gasteiger partial charge on any atom is 0.266 e. The third kappa shape index (κ3) is 3.33. The number of aromatic nitrogens is 2. The Balaban J connectivity index is 1.94. The fraction of sp³-hybridized carbons (Fsp3) is 0.154. The molecule has 0 saturated carbocycles. The van der Waals surface area contributed by atoms with Crippen LogP contribution in [0.4, 0.5) is 5.82 Å². The highest BCUT2D eigenvalue weighted by molar-refractivity contribution is 5.93. The van der Waals surface area contributed by atoms with Crippen molar-refractivity contribution in [2.75, 3.05) is 5.32 Å². The number of carbonyl (C=O) groups excluding carboxylic acids is 1. The molecule has 19 heavy (non-hydrogen) atoms. The number of anilines is 1. The molecule has 0 radical (unpaired) electrons. The van der Waals surface area contributed by atoms with Gasteiger partial charge in [0.05, 0.1) is 17.8 Å². The Morgan fingerprint density at radius 1 is 1.42 bits per heavy atom. The molecule has 0 aliphatic rings. The summed E-state index contributed by atoms with van der Waals surface area (Å²) >= 11 is 0. The lowest BCUT2D eigenvalue weighted by Crippen LogP contribution is -2.30. The van der Waals surface area contributed by atoms with E-state index in [4.69, 9.17) is 10.00 Å². The molecule has 6 nitrogen and oxygen atoms in total. The summed E-state index contributed by atoms with van der Waals surface area (Å²) in [5.74, 6) is 0.764. The van der Waals surface area contributed by atoms with Gasteiger partial charge in [-0.3, -0.25) is 9.89 Å². The summed E-state index contributed by atoms with van der Waals surface area (Å²) in [4.78, 5) is 11.8. The molecule has 1 aromatic carbocycles. The maximum atomic E-state index is 11.8. The number of H-pyrrole nitrogens is 1. The number of nitrogens with one attached hydrogen (secondary N) is 2. The molecule has 0 aliphatic carbocycles. The maximum absolute atomic E-state index is 11.8. The number of nitrogens with zero attached hydrogens (tertiary/aromatic N) is 2. The van der Waals surface area contributed by atoms with Crippen molar-refractivity contribution in [1.82, 2.24) is 10.2 Å². The van der Waals surface area contributed by atoms with Crippen molar-refractivity contribution in [2.24, 2.45) is 0 Å².